The van der Waals surface area contributed by atoms with Gasteiger partial charge in [-0.15, -0.1) is 0 Å². The fourth-order valence-electron chi connectivity index (χ4n) is 0.855. The van der Waals surface area contributed by atoms with E-state index in [1.54, 1.807) is 0 Å². The van der Waals surface area contributed by atoms with Crippen molar-refractivity contribution in [2.24, 2.45) is 0 Å². The van der Waals surface area contributed by atoms with Gasteiger partial charge in [0.2, 0.25) is 0 Å². The molecular weight excluding hydrogens is 185 g/mol. The molecule has 5 heteroatoms. The minimum atomic E-state index is -1.34. The lowest BCUT2D eigenvalue weighted by molar-refractivity contribution is 0.0690. The van der Waals surface area contributed by atoms with E-state index in [0.717, 1.165) is 6.07 Å². The predicted octanol–water partition coefficient (Wildman–Crippen LogP) is 1.88. The van der Waals surface area contributed by atoms with E-state index in [0.29, 0.717) is 0 Å². The van der Waals surface area contributed by atoms with E-state index in [1.165, 1.54) is 6.92 Å². The highest BCUT2D eigenvalue weighted by molar-refractivity contribution is 6.29. The summed E-state index contributed by atoms with van der Waals surface area (Å²) in [5.74, 6) is -2.20. The SMILES string of the molecule is Cc1nc(Cl)cc(F)c1C(=O)O. The smallest absolute Gasteiger partial charge is 0.340 e. The van der Waals surface area contributed by atoms with Crippen LogP contribution >= 0.6 is 11.6 Å². The molecule has 0 radical (unpaired) electrons. The number of nitrogens with zero attached hydrogens (tertiary/aromatic N) is 1. The molecule has 0 aliphatic rings. The number of hydrogen-bond donors (Lipinski definition) is 1. The van der Waals surface area contributed by atoms with Gasteiger partial charge in [-0.2, -0.15) is 0 Å². The van der Waals surface area contributed by atoms with Gasteiger partial charge in [0.15, 0.2) is 0 Å². The van der Waals surface area contributed by atoms with Crippen LogP contribution in [0, 0.1) is 12.7 Å². The van der Waals surface area contributed by atoms with E-state index in [2.05, 4.69) is 4.98 Å². The van der Waals surface area contributed by atoms with Gasteiger partial charge in [0.25, 0.3) is 0 Å². The van der Waals surface area contributed by atoms with E-state index in [4.69, 9.17) is 16.7 Å². The Morgan fingerprint density at radius 2 is 2.33 bits per heavy atom. The van der Waals surface area contributed by atoms with Gasteiger partial charge < -0.3 is 5.11 Å². The molecule has 1 N–H and O–H groups in total. The maximum Gasteiger partial charge on any atom is 0.340 e. The highest BCUT2D eigenvalue weighted by Gasteiger charge is 2.15. The van der Waals surface area contributed by atoms with Crippen molar-refractivity contribution in [3.63, 3.8) is 0 Å². The first-order valence-electron chi connectivity index (χ1n) is 3.08. The molecule has 0 fully saturated rings. The van der Waals surface area contributed by atoms with E-state index in [1.807, 2.05) is 0 Å². The van der Waals surface area contributed by atoms with Crippen LogP contribution in [-0.2, 0) is 0 Å². The van der Waals surface area contributed by atoms with Crippen molar-refractivity contribution in [3.05, 3.63) is 28.3 Å². The molecule has 1 aromatic heterocycles. The van der Waals surface area contributed by atoms with Gasteiger partial charge in [0.05, 0.1) is 5.69 Å². The Bertz CT molecular complexity index is 317. The summed E-state index contributed by atoms with van der Waals surface area (Å²) < 4.78 is 12.9. The van der Waals surface area contributed by atoms with Crippen LogP contribution in [0.3, 0.4) is 0 Å². The van der Waals surface area contributed by atoms with Crippen molar-refractivity contribution in [1.29, 1.82) is 0 Å². The van der Waals surface area contributed by atoms with Crippen LogP contribution in [0.1, 0.15) is 16.1 Å². The molecule has 12 heavy (non-hydrogen) atoms. The molecule has 1 rings (SSSR count). The quantitative estimate of drug-likeness (QED) is 0.687. The molecule has 0 unspecified atom stereocenters. The molecule has 0 saturated heterocycles. The first-order valence-corrected chi connectivity index (χ1v) is 3.46. The van der Waals surface area contributed by atoms with Gasteiger partial charge >= 0.3 is 5.97 Å². The number of rotatable bonds is 1. The Kier molecular flexibility index (Phi) is 2.28. The second kappa shape index (κ2) is 3.06. The maximum atomic E-state index is 12.9. The second-order valence-corrected chi connectivity index (χ2v) is 2.58. The van der Waals surface area contributed by atoms with Crippen LogP contribution in [0.25, 0.3) is 0 Å². The summed E-state index contributed by atoms with van der Waals surface area (Å²) in [5.41, 5.74) is -0.355. The molecule has 0 aliphatic heterocycles. The molecule has 0 atom stereocenters. The van der Waals surface area contributed by atoms with Crippen LogP contribution < -0.4 is 0 Å². The lowest BCUT2D eigenvalue weighted by Gasteiger charge is -2.00. The van der Waals surface area contributed by atoms with Crippen molar-refractivity contribution in [2.45, 2.75) is 6.92 Å². The summed E-state index contributed by atoms with van der Waals surface area (Å²) in [4.78, 5) is 14.0. The molecular formula is C7H5ClFNO2. The summed E-state index contributed by atoms with van der Waals surface area (Å²) in [5, 5.41) is 8.47. The fourth-order valence-corrected chi connectivity index (χ4v) is 1.08. The maximum absolute atomic E-state index is 12.9. The number of aromatic carboxylic acids is 1. The third-order valence-corrected chi connectivity index (χ3v) is 1.53. The summed E-state index contributed by atoms with van der Waals surface area (Å²) in [6.45, 7) is 1.39. The van der Waals surface area contributed by atoms with Crippen molar-refractivity contribution in [1.82, 2.24) is 4.98 Å². The molecule has 3 nitrogen and oxygen atoms in total. The van der Waals surface area contributed by atoms with Crippen molar-refractivity contribution < 1.29 is 14.3 Å². The number of aromatic nitrogens is 1. The van der Waals surface area contributed by atoms with Crippen molar-refractivity contribution in [2.75, 3.05) is 0 Å². The monoisotopic (exact) mass is 189 g/mol. The summed E-state index contributed by atoms with van der Waals surface area (Å²) in [6.07, 6.45) is 0. The number of carbonyl (C=O) groups is 1. The Morgan fingerprint density at radius 3 is 2.75 bits per heavy atom. The minimum absolute atomic E-state index is 0.0463. The highest BCUT2D eigenvalue weighted by Crippen LogP contribution is 2.15. The van der Waals surface area contributed by atoms with Crippen molar-refractivity contribution in [3.8, 4) is 0 Å². The first-order chi connectivity index (χ1) is 5.52. The second-order valence-electron chi connectivity index (χ2n) is 2.19. The minimum Gasteiger partial charge on any atom is -0.478 e. The van der Waals surface area contributed by atoms with E-state index >= 15 is 0 Å². The zero-order valence-electron chi connectivity index (χ0n) is 6.14. The topological polar surface area (TPSA) is 50.2 Å². The molecule has 1 heterocycles. The van der Waals surface area contributed by atoms with Gasteiger partial charge in [-0.1, -0.05) is 11.6 Å². The summed E-state index contributed by atoms with van der Waals surface area (Å²) in [7, 11) is 0. The lowest BCUT2D eigenvalue weighted by atomic mass is 10.2. The van der Waals surface area contributed by atoms with E-state index < -0.39 is 17.3 Å². The summed E-state index contributed by atoms with van der Waals surface area (Å²) >= 11 is 5.38. The predicted molar refractivity (Wildman–Crippen MR) is 40.9 cm³/mol. The van der Waals surface area contributed by atoms with Crippen LogP contribution in [0.15, 0.2) is 6.07 Å². The van der Waals surface area contributed by atoms with Crippen LogP contribution in [0.4, 0.5) is 4.39 Å². The Balaban J connectivity index is 3.38. The Hall–Kier alpha value is -1.16. The van der Waals surface area contributed by atoms with Gasteiger partial charge in [-0.05, 0) is 6.92 Å². The average Bonchev–Trinajstić information content (AvgIpc) is 1.82. The lowest BCUT2D eigenvalue weighted by Crippen LogP contribution is -2.05. The van der Waals surface area contributed by atoms with E-state index in [-0.39, 0.29) is 10.8 Å². The van der Waals surface area contributed by atoms with Crippen LogP contribution in [0.2, 0.25) is 5.15 Å². The Labute approximate surface area is 72.8 Å². The standard InChI is InChI=1S/C7H5ClFNO2/c1-3-6(7(11)12)4(9)2-5(8)10-3/h2H,1H3,(H,11,12). The normalized spacial score (nSPS) is 9.92. The van der Waals surface area contributed by atoms with Crippen molar-refractivity contribution >= 4 is 17.6 Å². The zero-order chi connectivity index (χ0) is 9.30. The fraction of sp³-hybridized carbons (Fsp3) is 0.143. The molecule has 0 spiro atoms. The first kappa shape index (κ1) is 8.93. The molecule has 0 amide bonds. The number of pyridine rings is 1. The summed E-state index contributed by atoms with van der Waals surface area (Å²) in [6, 6.07) is 0.873. The van der Waals surface area contributed by atoms with Crippen LogP contribution in [0.5, 0.6) is 0 Å². The third kappa shape index (κ3) is 1.53. The largest absolute Gasteiger partial charge is 0.478 e. The molecule has 0 saturated carbocycles. The third-order valence-electron chi connectivity index (χ3n) is 1.33. The molecule has 0 aliphatic carbocycles. The molecule has 1 aromatic rings. The van der Waals surface area contributed by atoms with Crippen LogP contribution in [-0.4, -0.2) is 16.1 Å². The highest BCUT2D eigenvalue weighted by atomic mass is 35.5. The molecule has 0 aromatic carbocycles. The van der Waals surface area contributed by atoms with Gasteiger partial charge in [-0.25, -0.2) is 14.2 Å². The average molecular weight is 190 g/mol. The Morgan fingerprint density at radius 1 is 1.75 bits per heavy atom. The van der Waals surface area contributed by atoms with Gasteiger partial charge in [0.1, 0.15) is 16.5 Å². The molecule has 0 bridgehead atoms. The van der Waals surface area contributed by atoms with E-state index in [9.17, 15) is 9.18 Å². The number of carboxylic acid groups (broad SMARTS) is 1. The number of carboxylic acids is 1. The van der Waals surface area contributed by atoms with Gasteiger partial charge in [0, 0.05) is 6.07 Å². The van der Waals surface area contributed by atoms with Gasteiger partial charge in [-0.3, -0.25) is 0 Å². The number of halogens is 2. The molecule has 64 valence electrons. The number of aryl methyl sites for hydroxylation is 1. The zero-order valence-corrected chi connectivity index (χ0v) is 6.89. The number of hydrogen-bond acceptors (Lipinski definition) is 2.